The summed E-state index contributed by atoms with van der Waals surface area (Å²) in [5, 5.41) is 28.1. The van der Waals surface area contributed by atoms with Crippen molar-refractivity contribution in [1.29, 1.82) is 15.8 Å². The highest BCUT2D eigenvalue weighted by atomic mass is 16.5. The molecule has 6 nitrogen and oxygen atoms in total. The number of hydrogen-bond donors (Lipinski definition) is 0. The molecule has 0 N–H and O–H groups in total. The molecule has 1 aromatic rings. The van der Waals surface area contributed by atoms with Crippen LogP contribution in [0.25, 0.3) is 0 Å². The zero-order valence-electron chi connectivity index (χ0n) is 14.1. The van der Waals surface area contributed by atoms with Gasteiger partial charge in [0.1, 0.15) is 23.7 Å². The van der Waals surface area contributed by atoms with Crippen molar-refractivity contribution in [2.75, 3.05) is 7.11 Å². The third-order valence-corrected chi connectivity index (χ3v) is 4.32. The fraction of sp³-hybridized carbons (Fsp3) is 0.316. The molecule has 0 bridgehead atoms. The minimum atomic E-state index is -0.861. The van der Waals surface area contributed by atoms with Gasteiger partial charge >= 0.3 is 0 Å². The number of carbonyl (C=O) groups is 1. The molecule has 1 heterocycles. The van der Waals surface area contributed by atoms with Gasteiger partial charge in [0, 0.05) is 11.6 Å². The van der Waals surface area contributed by atoms with E-state index in [9.17, 15) is 20.6 Å². The van der Waals surface area contributed by atoms with Crippen molar-refractivity contribution in [3.8, 4) is 24.0 Å². The number of hydrogen-bond acceptors (Lipinski definition) is 6. The van der Waals surface area contributed by atoms with E-state index >= 15 is 0 Å². The van der Waals surface area contributed by atoms with Gasteiger partial charge in [0.05, 0.1) is 30.7 Å². The van der Waals surface area contributed by atoms with E-state index in [1.165, 1.54) is 6.92 Å². The quantitative estimate of drug-likeness (QED) is 0.790. The van der Waals surface area contributed by atoms with Crippen molar-refractivity contribution in [2.24, 2.45) is 16.8 Å². The average Bonchev–Trinajstić information content (AvgIpc) is 2.62. The second-order valence-corrected chi connectivity index (χ2v) is 5.73. The van der Waals surface area contributed by atoms with E-state index in [2.05, 4.69) is 11.1 Å². The van der Waals surface area contributed by atoms with Gasteiger partial charge in [-0.1, -0.05) is 12.1 Å². The van der Waals surface area contributed by atoms with Gasteiger partial charge in [0.25, 0.3) is 0 Å². The Morgan fingerprint density at radius 2 is 1.76 bits per heavy atom. The summed E-state index contributed by atoms with van der Waals surface area (Å²) < 4.78 is 5.15. The summed E-state index contributed by atoms with van der Waals surface area (Å²) in [5.74, 6) is -1.42. The number of Topliss-reactive ketones (excluding diaryl/α,β-unsaturated/α-hetero) is 1. The van der Waals surface area contributed by atoms with Crippen LogP contribution >= 0.6 is 0 Å². The molecule has 124 valence electrons. The van der Waals surface area contributed by atoms with Crippen LogP contribution in [0.15, 0.2) is 40.5 Å². The van der Waals surface area contributed by atoms with Gasteiger partial charge in [-0.15, -0.1) is 0 Å². The van der Waals surface area contributed by atoms with Crippen molar-refractivity contribution in [3.63, 3.8) is 0 Å². The van der Waals surface area contributed by atoms with E-state index in [0.29, 0.717) is 11.5 Å². The van der Waals surface area contributed by atoms with Gasteiger partial charge in [-0.3, -0.25) is 9.79 Å². The van der Waals surface area contributed by atoms with Crippen molar-refractivity contribution in [2.45, 2.75) is 19.8 Å². The molecule has 1 aliphatic heterocycles. The smallest absolute Gasteiger partial charge is 0.152 e. The molecule has 2 rings (SSSR count). The molecule has 3 unspecified atom stereocenters. The van der Waals surface area contributed by atoms with Crippen LogP contribution in [0.3, 0.4) is 0 Å². The number of allylic oxidation sites excluding steroid dienone is 2. The lowest BCUT2D eigenvalue weighted by Gasteiger charge is -2.34. The minimum Gasteiger partial charge on any atom is -0.497 e. The highest BCUT2D eigenvalue weighted by molar-refractivity contribution is 6.05. The van der Waals surface area contributed by atoms with Crippen molar-refractivity contribution in [3.05, 3.63) is 41.1 Å². The van der Waals surface area contributed by atoms with Crippen LogP contribution in [0.4, 0.5) is 0 Å². The van der Waals surface area contributed by atoms with Crippen LogP contribution in [-0.2, 0) is 4.79 Å². The second kappa shape index (κ2) is 7.43. The number of methoxy groups -OCH3 is 1. The monoisotopic (exact) mass is 332 g/mol. The number of carbonyl (C=O) groups excluding carboxylic acids is 1. The lowest BCUT2D eigenvalue weighted by molar-refractivity contribution is -0.119. The van der Waals surface area contributed by atoms with E-state index < -0.39 is 17.8 Å². The molecule has 0 amide bonds. The fourth-order valence-corrected chi connectivity index (χ4v) is 3.20. The molecule has 0 spiro atoms. The molecule has 1 aromatic carbocycles. The van der Waals surface area contributed by atoms with Crippen LogP contribution in [0, 0.1) is 45.8 Å². The summed E-state index contributed by atoms with van der Waals surface area (Å²) in [5.41, 5.74) is 1.18. The van der Waals surface area contributed by atoms with Crippen molar-refractivity contribution in [1.82, 2.24) is 0 Å². The van der Waals surface area contributed by atoms with E-state index in [-0.39, 0.29) is 17.1 Å². The Balaban J connectivity index is 2.72. The molecule has 0 radical (unpaired) electrons. The first kappa shape index (κ1) is 17.9. The van der Waals surface area contributed by atoms with Gasteiger partial charge in [-0.05, 0) is 31.5 Å². The normalized spacial score (nSPS) is 22.0. The number of benzene rings is 1. The van der Waals surface area contributed by atoms with Crippen LogP contribution in [0.2, 0.25) is 0 Å². The largest absolute Gasteiger partial charge is 0.497 e. The molecule has 0 saturated heterocycles. The van der Waals surface area contributed by atoms with Gasteiger partial charge < -0.3 is 4.74 Å². The third-order valence-electron chi connectivity index (χ3n) is 4.32. The Bertz CT molecular complexity index is 860. The van der Waals surface area contributed by atoms with E-state index in [1.807, 2.05) is 0 Å². The lowest BCUT2D eigenvalue weighted by atomic mass is 9.70. The second-order valence-electron chi connectivity index (χ2n) is 5.73. The molecular formula is C19H16N4O2. The number of rotatable bonds is 3. The van der Waals surface area contributed by atoms with Crippen LogP contribution in [0.1, 0.15) is 25.3 Å². The van der Waals surface area contributed by atoms with Gasteiger partial charge in [0.15, 0.2) is 5.57 Å². The maximum Gasteiger partial charge on any atom is 0.152 e. The number of aliphatic imine (C=N–C) groups is 1. The molecule has 0 aliphatic carbocycles. The topological polar surface area (TPSA) is 110 Å². The Morgan fingerprint density at radius 3 is 2.20 bits per heavy atom. The zero-order chi connectivity index (χ0) is 18.6. The molecular weight excluding hydrogens is 316 g/mol. The Labute approximate surface area is 146 Å². The third kappa shape index (κ3) is 3.27. The van der Waals surface area contributed by atoms with E-state index in [0.717, 1.165) is 5.56 Å². The Kier molecular flexibility index (Phi) is 5.32. The summed E-state index contributed by atoms with van der Waals surface area (Å²) in [6, 6.07) is 12.8. The lowest BCUT2D eigenvalue weighted by Crippen LogP contribution is -2.36. The first-order chi connectivity index (χ1) is 12.0. The molecule has 0 aromatic heterocycles. The Morgan fingerprint density at radius 1 is 1.16 bits per heavy atom. The number of nitriles is 3. The predicted octanol–water partition coefficient (Wildman–Crippen LogP) is 2.90. The predicted molar refractivity (Wildman–Crippen MR) is 90.4 cm³/mol. The summed E-state index contributed by atoms with van der Waals surface area (Å²) in [6.07, 6.45) is 0. The molecule has 25 heavy (non-hydrogen) atoms. The summed E-state index contributed by atoms with van der Waals surface area (Å²) in [7, 11) is 1.55. The van der Waals surface area contributed by atoms with Crippen LogP contribution in [-0.4, -0.2) is 18.6 Å². The minimum absolute atomic E-state index is 0.114. The van der Waals surface area contributed by atoms with Crippen LogP contribution in [0.5, 0.6) is 5.75 Å². The van der Waals surface area contributed by atoms with Gasteiger partial charge in [-0.2, -0.15) is 15.8 Å². The maximum absolute atomic E-state index is 12.2. The molecule has 0 fully saturated rings. The SMILES string of the molecule is COc1ccc(C2C(C#N)C(=C(C#N)C#N)N=C(C)C2C(C)=O)cc1. The highest BCUT2D eigenvalue weighted by Gasteiger charge is 2.42. The Hall–Kier alpha value is -3.43. The highest BCUT2D eigenvalue weighted by Crippen LogP contribution is 2.43. The number of nitrogens with zero attached hydrogens (tertiary/aromatic N) is 4. The molecule has 1 aliphatic rings. The van der Waals surface area contributed by atoms with Crippen LogP contribution < -0.4 is 4.74 Å². The standard InChI is InChI=1S/C19H16N4O2/c1-11-17(12(2)24)18(13-4-6-15(25-3)7-5-13)16(10-22)19(23-11)14(8-20)9-21/h4-7,16-18H,1-3H3. The molecule has 3 atom stereocenters. The summed E-state index contributed by atoms with van der Waals surface area (Å²) in [6.45, 7) is 3.14. The average molecular weight is 332 g/mol. The van der Waals surface area contributed by atoms with Crippen molar-refractivity contribution >= 4 is 11.5 Å². The first-order valence-corrected chi connectivity index (χ1v) is 7.62. The number of ether oxygens (including phenoxy) is 1. The van der Waals surface area contributed by atoms with Gasteiger partial charge in [-0.25, -0.2) is 0 Å². The molecule has 6 heteroatoms. The van der Waals surface area contributed by atoms with E-state index in [4.69, 9.17) is 4.74 Å². The maximum atomic E-state index is 12.2. The fourth-order valence-electron chi connectivity index (χ4n) is 3.20. The summed E-state index contributed by atoms with van der Waals surface area (Å²) >= 11 is 0. The van der Waals surface area contributed by atoms with Crippen molar-refractivity contribution < 1.29 is 9.53 Å². The number of ketones is 1. The summed E-state index contributed by atoms with van der Waals surface area (Å²) in [4.78, 5) is 16.5. The van der Waals surface area contributed by atoms with Gasteiger partial charge in [0.2, 0.25) is 0 Å². The zero-order valence-corrected chi connectivity index (χ0v) is 14.1. The first-order valence-electron chi connectivity index (χ1n) is 7.62. The van der Waals surface area contributed by atoms with E-state index in [1.54, 1.807) is 50.4 Å². The molecule has 0 saturated carbocycles.